The van der Waals surface area contributed by atoms with Crippen molar-refractivity contribution in [3.8, 4) is 0 Å². The third kappa shape index (κ3) is 10.6. The Morgan fingerprint density at radius 2 is 1.72 bits per heavy atom. The standard InChI is InChI=1S/C17H20F3N3O6/c1-16(2,3)29-15(27)22-11-6-4-5-10(7-11)13(25)28-8-12(24)23-14(26)21-9-17(18,19)20/h4-7H,8-9H2,1-3H3,(H,22,27)(H2,21,23,24,26). The van der Waals surface area contributed by atoms with Crippen LogP contribution in [0.2, 0.25) is 0 Å². The lowest BCUT2D eigenvalue weighted by Gasteiger charge is -2.19. The zero-order chi connectivity index (χ0) is 22.2. The van der Waals surface area contributed by atoms with Crippen LogP contribution in [-0.2, 0) is 14.3 Å². The van der Waals surface area contributed by atoms with Gasteiger partial charge in [-0.05, 0) is 39.0 Å². The number of hydrogen-bond donors (Lipinski definition) is 3. The van der Waals surface area contributed by atoms with Gasteiger partial charge in [0.15, 0.2) is 6.61 Å². The Bertz CT molecular complexity index is 774. The average molecular weight is 419 g/mol. The highest BCUT2D eigenvalue weighted by atomic mass is 19.4. The summed E-state index contributed by atoms with van der Waals surface area (Å²) in [6.07, 6.45) is -5.38. The minimum absolute atomic E-state index is 0.0205. The molecule has 0 saturated carbocycles. The van der Waals surface area contributed by atoms with Crippen LogP contribution in [0.15, 0.2) is 24.3 Å². The molecule has 1 rings (SSSR count). The number of esters is 1. The maximum absolute atomic E-state index is 12.0. The van der Waals surface area contributed by atoms with Gasteiger partial charge in [0.25, 0.3) is 5.91 Å². The van der Waals surface area contributed by atoms with Gasteiger partial charge in [-0.2, -0.15) is 13.2 Å². The van der Waals surface area contributed by atoms with E-state index in [1.807, 2.05) is 0 Å². The molecule has 4 amide bonds. The number of anilines is 1. The molecule has 1 aromatic rings. The molecule has 0 aliphatic carbocycles. The summed E-state index contributed by atoms with van der Waals surface area (Å²) in [7, 11) is 0. The Kier molecular flexibility index (Phi) is 7.98. The van der Waals surface area contributed by atoms with E-state index in [0.717, 1.165) is 0 Å². The highest BCUT2D eigenvalue weighted by Gasteiger charge is 2.28. The van der Waals surface area contributed by atoms with Gasteiger partial charge in [0.1, 0.15) is 12.1 Å². The number of hydrogen-bond acceptors (Lipinski definition) is 6. The molecule has 0 atom stereocenters. The molecule has 0 unspecified atom stereocenters. The van der Waals surface area contributed by atoms with Gasteiger partial charge >= 0.3 is 24.3 Å². The van der Waals surface area contributed by atoms with Crippen molar-refractivity contribution in [2.75, 3.05) is 18.5 Å². The Morgan fingerprint density at radius 1 is 1.07 bits per heavy atom. The van der Waals surface area contributed by atoms with Crippen molar-refractivity contribution in [3.63, 3.8) is 0 Å². The van der Waals surface area contributed by atoms with E-state index in [9.17, 15) is 32.3 Å². The number of imide groups is 1. The molecule has 1 aromatic carbocycles. The summed E-state index contributed by atoms with van der Waals surface area (Å²) in [5, 5.41) is 5.42. The number of nitrogens with one attached hydrogen (secondary N) is 3. The molecule has 0 fully saturated rings. The Hall–Kier alpha value is -3.31. The number of alkyl halides is 3. The first kappa shape index (κ1) is 23.7. The van der Waals surface area contributed by atoms with E-state index in [-0.39, 0.29) is 11.3 Å². The van der Waals surface area contributed by atoms with Crippen LogP contribution in [0.5, 0.6) is 0 Å². The predicted octanol–water partition coefficient (Wildman–Crippen LogP) is 2.58. The molecule has 0 aliphatic rings. The van der Waals surface area contributed by atoms with Gasteiger partial charge in [-0.25, -0.2) is 14.4 Å². The number of halogens is 3. The van der Waals surface area contributed by atoms with E-state index < -0.39 is 48.9 Å². The second kappa shape index (κ2) is 9.75. The lowest BCUT2D eigenvalue weighted by molar-refractivity contribution is -0.125. The van der Waals surface area contributed by atoms with Crippen molar-refractivity contribution in [2.45, 2.75) is 32.5 Å². The van der Waals surface area contributed by atoms with Crippen LogP contribution in [0.1, 0.15) is 31.1 Å². The first-order chi connectivity index (χ1) is 13.2. The van der Waals surface area contributed by atoms with E-state index in [2.05, 4.69) is 10.1 Å². The predicted molar refractivity (Wildman–Crippen MR) is 94.2 cm³/mol. The zero-order valence-electron chi connectivity index (χ0n) is 15.8. The topological polar surface area (TPSA) is 123 Å². The molecular formula is C17H20F3N3O6. The number of carbonyl (C=O) groups is 4. The number of urea groups is 1. The summed E-state index contributed by atoms with van der Waals surface area (Å²) in [6.45, 7) is 2.50. The number of carbonyl (C=O) groups excluding carboxylic acids is 4. The number of rotatable bonds is 5. The highest BCUT2D eigenvalue weighted by Crippen LogP contribution is 2.14. The minimum atomic E-state index is -4.63. The smallest absolute Gasteiger partial charge is 0.412 e. The van der Waals surface area contributed by atoms with Crippen molar-refractivity contribution < 1.29 is 41.8 Å². The normalized spacial score (nSPS) is 11.2. The summed E-state index contributed by atoms with van der Waals surface area (Å²) in [5.74, 6) is -2.08. The second-order valence-electron chi connectivity index (χ2n) is 6.63. The molecule has 12 heteroatoms. The SMILES string of the molecule is CC(C)(C)OC(=O)Nc1cccc(C(=O)OCC(=O)NC(=O)NCC(F)(F)F)c1. The molecular weight excluding hydrogens is 399 g/mol. The third-order valence-electron chi connectivity index (χ3n) is 2.78. The van der Waals surface area contributed by atoms with Gasteiger partial charge in [-0.15, -0.1) is 0 Å². The van der Waals surface area contributed by atoms with Crippen molar-refractivity contribution >= 4 is 29.7 Å². The van der Waals surface area contributed by atoms with Crippen molar-refractivity contribution in [3.05, 3.63) is 29.8 Å². The van der Waals surface area contributed by atoms with Gasteiger partial charge in [0.05, 0.1) is 5.56 Å². The van der Waals surface area contributed by atoms with Crippen LogP contribution in [0.4, 0.5) is 28.4 Å². The highest BCUT2D eigenvalue weighted by molar-refractivity contribution is 5.97. The summed E-state index contributed by atoms with van der Waals surface area (Å²) >= 11 is 0. The number of benzene rings is 1. The average Bonchev–Trinajstić information content (AvgIpc) is 2.55. The summed E-state index contributed by atoms with van der Waals surface area (Å²) in [6, 6.07) is 4.15. The van der Waals surface area contributed by atoms with Gasteiger partial charge in [0.2, 0.25) is 0 Å². The first-order valence-electron chi connectivity index (χ1n) is 8.17. The number of amides is 4. The van der Waals surface area contributed by atoms with E-state index in [1.54, 1.807) is 26.1 Å². The number of ether oxygens (including phenoxy) is 2. The Balaban J connectivity index is 2.53. The van der Waals surface area contributed by atoms with Crippen molar-refractivity contribution in [1.82, 2.24) is 10.6 Å². The van der Waals surface area contributed by atoms with Crippen LogP contribution in [0, 0.1) is 0 Å². The molecule has 0 heterocycles. The molecule has 0 spiro atoms. The van der Waals surface area contributed by atoms with Gasteiger partial charge < -0.3 is 14.8 Å². The summed E-state index contributed by atoms with van der Waals surface area (Å²) in [4.78, 5) is 46.3. The Labute approximate surface area is 163 Å². The van der Waals surface area contributed by atoms with Crippen molar-refractivity contribution in [2.24, 2.45) is 0 Å². The van der Waals surface area contributed by atoms with Crippen LogP contribution < -0.4 is 16.0 Å². The molecule has 160 valence electrons. The van der Waals surface area contributed by atoms with Crippen LogP contribution in [0.25, 0.3) is 0 Å². The largest absolute Gasteiger partial charge is 0.452 e. The van der Waals surface area contributed by atoms with E-state index >= 15 is 0 Å². The van der Waals surface area contributed by atoms with E-state index in [0.29, 0.717) is 0 Å². The molecule has 3 N–H and O–H groups in total. The lowest BCUT2D eigenvalue weighted by atomic mass is 10.2. The summed E-state index contributed by atoms with van der Waals surface area (Å²) < 4.78 is 45.6. The fraction of sp³-hybridized carbons (Fsp3) is 0.412. The molecule has 0 aliphatic heterocycles. The first-order valence-corrected chi connectivity index (χ1v) is 8.17. The van der Waals surface area contributed by atoms with Gasteiger partial charge in [-0.3, -0.25) is 15.4 Å². The second-order valence-corrected chi connectivity index (χ2v) is 6.63. The molecule has 29 heavy (non-hydrogen) atoms. The van der Waals surface area contributed by atoms with Crippen LogP contribution in [0.3, 0.4) is 0 Å². The van der Waals surface area contributed by atoms with Crippen LogP contribution in [-0.4, -0.2) is 48.9 Å². The molecule has 0 saturated heterocycles. The fourth-order valence-corrected chi connectivity index (χ4v) is 1.75. The van der Waals surface area contributed by atoms with Crippen LogP contribution >= 0.6 is 0 Å². The Morgan fingerprint density at radius 3 is 2.31 bits per heavy atom. The molecule has 0 radical (unpaired) electrons. The van der Waals surface area contributed by atoms with Crippen molar-refractivity contribution in [1.29, 1.82) is 0 Å². The van der Waals surface area contributed by atoms with Gasteiger partial charge in [-0.1, -0.05) is 6.07 Å². The molecule has 0 bridgehead atoms. The zero-order valence-corrected chi connectivity index (χ0v) is 15.8. The molecule has 9 nitrogen and oxygen atoms in total. The quantitative estimate of drug-likeness (QED) is 0.631. The third-order valence-corrected chi connectivity index (χ3v) is 2.78. The van der Waals surface area contributed by atoms with E-state index in [4.69, 9.17) is 4.74 Å². The maximum atomic E-state index is 12.0. The monoisotopic (exact) mass is 419 g/mol. The fourth-order valence-electron chi connectivity index (χ4n) is 1.75. The summed E-state index contributed by atoms with van der Waals surface area (Å²) in [5.41, 5.74) is -0.516. The lowest BCUT2D eigenvalue weighted by Crippen LogP contribution is -2.44. The van der Waals surface area contributed by atoms with Gasteiger partial charge in [0, 0.05) is 5.69 Å². The molecule has 0 aromatic heterocycles. The van der Waals surface area contributed by atoms with E-state index in [1.165, 1.54) is 29.6 Å². The minimum Gasteiger partial charge on any atom is -0.452 e. The maximum Gasteiger partial charge on any atom is 0.412 e.